The van der Waals surface area contributed by atoms with E-state index in [1.54, 1.807) is 15.2 Å². The molecule has 0 saturated heterocycles. The van der Waals surface area contributed by atoms with E-state index in [1.165, 1.54) is 11.9 Å². The largest absolute Gasteiger partial charge is 0.438 e. The van der Waals surface area contributed by atoms with Crippen LogP contribution in [-0.2, 0) is 0 Å². The fourth-order valence-electron chi connectivity index (χ4n) is 2.19. The second-order valence-electron chi connectivity index (χ2n) is 4.54. The molecule has 2 aromatic carbocycles. The number of benzene rings is 2. The molecule has 2 aromatic rings. The Balaban J connectivity index is 2.19. The molecule has 0 unspecified atom stereocenters. The summed E-state index contributed by atoms with van der Waals surface area (Å²) in [5.74, 6) is 0. The number of hydrogen-bond donors (Lipinski definition) is 0. The Hall–Kier alpha value is -1.57. The average Bonchev–Trinajstić information content (AvgIpc) is 2.47. The van der Waals surface area contributed by atoms with Gasteiger partial charge in [0.1, 0.15) is 0 Å². The first-order valence-electron chi connectivity index (χ1n) is 6.25. The maximum absolute atomic E-state index is 13.3. The number of halogens is 4. The van der Waals surface area contributed by atoms with Crippen molar-refractivity contribution in [3.05, 3.63) is 54.6 Å². The first-order chi connectivity index (χ1) is 9.98. The lowest BCUT2D eigenvalue weighted by atomic mass is 10.2. The molecule has 0 aromatic heterocycles. The molecule has 110 valence electrons. The molecule has 2 nitrogen and oxygen atoms in total. The molecule has 6 heteroatoms. The van der Waals surface area contributed by atoms with Crippen LogP contribution in [0.15, 0.2) is 54.6 Å². The lowest BCUT2D eigenvalue weighted by molar-refractivity contribution is -0.0570. The van der Waals surface area contributed by atoms with Crippen molar-refractivity contribution in [2.24, 2.45) is 0 Å². The normalized spacial score (nSPS) is 15.1. The summed E-state index contributed by atoms with van der Waals surface area (Å²) in [5, 5.41) is 0. The first kappa shape index (κ1) is 14.4. The third-order valence-corrected chi connectivity index (χ3v) is 6.48. The molecular formula is C15H12F3IN2. The quantitative estimate of drug-likeness (QED) is 0.495. The van der Waals surface area contributed by atoms with Crippen molar-refractivity contribution < 1.29 is 13.2 Å². The second kappa shape index (κ2) is 5.32. The van der Waals surface area contributed by atoms with Crippen LogP contribution in [-0.4, -0.2) is 16.9 Å². The third-order valence-electron chi connectivity index (χ3n) is 3.13. The Labute approximate surface area is 130 Å². The number of anilines is 3. The van der Waals surface area contributed by atoms with E-state index in [-0.39, 0.29) is 0 Å². The van der Waals surface area contributed by atoms with Crippen LogP contribution in [0.5, 0.6) is 0 Å². The van der Waals surface area contributed by atoms with Gasteiger partial charge in [0.2, 0.25) is 0 Å². The van der Waals surface area contributed by atoms with Crippen LogP contribution >= 0.6 is 21.0 Å². The van der Waals surface area contributed by atoms with Gasteiger partial charge >= 0.3 is 6.18 Å². The minimum Gasteiger partial charge on any atom is -0.333 e. The summed E-state index contributed by atoms with van der Waals surface area (Å²) in [7, 11) is 1.49. The van der Waals surface area contributed by atoms with E-state index in [0.717, 1.165) is 11.4 Å². The molecule has 0 radical (unpaired) electrons. The van der Waals surface area contributed by atoms with Crippen molar-refractivity contribution in [3.63, 3.8) is 0 Å². The molecule has 1 aliphatic heterocycles. The van der Waals surface area contributed by atoms with Crippen molar-refractivity contribution in [1.29, 1.82) is 0 Å². The molecule has 1 aliphatic rings. The van der Waals surface area contributed by atoms with Crippen LogP contribution in [0.25, 0.3) is 0 Å². The lowest BCUT2D eigenvalue weighted by Crippen LogP contribution is -2.40. The predicted molar refractivity (Wildman–Crippen MR) is 88.5 cm³/mol. The fourth-order valence-corrected chi connectivity index (χ4v) is 4.77. The highest BCUT2D eigenvalue weighted by atomic mass is 127. The number of nitrogens with zero attached hydrogens (tertiary/aromatic N) is 2. The minimum absolute atomic E-state index is 0.455. The fraction of sp³-hybridized carbons (Fsp3) is 0.133. The van der Waals surface area contributed by atoms with Gasteiger partial charge in [0, 0.05) is 28.1 Å². The second-order valence-corrected chi connectivity index (χ2v) is 7.01. The summed E-state index contributed by atoms with van der Waals surface area (Å²) >= 11 is -1.36. The number of hydrogen-bond acceptors (Lipinski definition) is 2. The van der Waals surface area contributed by atoms with E-state index in [9.17, 15) is 13.2 Å². The zero-order valence-corrected chi connectivity index (χ0v) is 13.3. The molecule has 0 bridgehead atoms. The highest BCUT2D eigenvalue weighted by Crippen LogP contribution is 2.45. The number of fused-ring (bicyclic) bond motifs is 1. The number of alkyl halides is 3. The highest BCUT2D eigenvalue weighted by molar-refractivity contribution is 14.2. The summed E-state index contributed by atoms with van der Waals surface area (Å²) < 4.78 is 41.2. The molecule has 0 atom stereocenters. The molecule has 0 saturated carbocycles. The number of para-hydroxylation sites is 3. The molecule has 3 rings (SSSR count). The van der Waals surface area contributed by atoms with Gasteiger partial charge in [-0.25, -0.2) is 0 Å². The van der Waals surface area contributed by atoms with Gasteiger partial charge in [-0.05, 0) is 24.3 Å². The first-order valence-corrected chi connectivity index (χ1v) is 8.30. The van der Waals surface area contributed by atoms with E-state index < -0.39 is 30.8 Å². The third kappa shape index (κ3) is 2.64. The predicted octanol–water partition coefficient (Wildman–Crippen LogP) is 4.85. The molecule has 0 spiro atoms. The maximum Gasteiger partial charge on any atom is 0.438 e. The van der Waals surface area contributed by atoms with E-state index in [1.807, 2.05) is 42.5 Å². The Kier molecular flexibility index (Phi) is 3.64. The minimum atomic E-state index is -4.30. The van der Waals surface area contributed by atoms with Crippen molar-refractivity contribution in [1.82, 2.24) is 0 Å². The van der Waals surface area contributed by atoms with Crippen LogP contribution in [0, 0.1) is 0 Å². The van der Waals surface area contributed by atoms with Crippen molar-refractivity contribution in [2.45, 2.75) is 6.18 Å². The Morgan fingerprint density at radius 2 is 1.43 bits per heavy atom. The monoisotopic (exact) mass is 404 g/mol. The molecule has 0 fully saturated rings. The highest BCUT2D eigenvalue weighted by Gasteiger charge is 2.41. The van der Waals surface area contributed by atoms with Crippen molar-refractivity contribution in [3.8, 4) is 0 Å². The summed E-state index contributed by atoms with van der Waals surface area (Å²) in [6.07, 6.45) is -4.30. The van der Waals surface area contributed by atoms with Crippen LogP contribution in [0.2, 0.25) is 0 Å². The molecule has 0 aliphatic carbocycles. The lowest BCUT2D eigenvalue weighted by Gasteiger charge is -2.35. The van der Waals surface area contributed by atoms with Gasteiger partial charge in [0.15, 0.2) is 3.63 Å². The van der Waals surface area contributed by atoms with Crippen LogP contribution in [0.4, 0.5) is 30.2 Å². The van der Waals surface area contributed by atoms with Crippen molar-refractivity contribution in [2.75, 3.05) is 15.1 Å². The van der Waals surface area contributed by atoms with Crippen LogP contribution in [0.1, 0.15) is 0 Å². The van der Waals surface area contributed by atoms with Crippen LogP contribution < -0.4 is 8.01 Å². The van der Waals surface area contributed by atoms with Gasteiger partial charge < -0.3 is 4.90 Å². The Morgan fingerprint density at radius 3 is 2.05 bits per heavy atom. The maximum atomic E-state index is 13.3. The summed E-state index contributed by atoms with van der Waals surface area (Å²) in [5.41, 5.74) is 2.21. The van der Waals surface area contributed by atoms with Gasteiger partial charge in [0.25, 0.3) is 0 Å². The summed E-state index contributed by atoms with van der Waals surface area (Å²) in [4.78, 5) is 1.28. The van der Waals surface area contributed by atoms with Gasteiger partial charge in [-0.1, -0.05) is 30.3 Å². The van der Waals surface area contributed by atoms with Gasteiger partial charge in [-0.15, -0.1) is 0 Å². The van der Waals surface area contributed by atoms with Crippen molar-refractivity contribution >= 4 is 41.7 Å². The molecule has 0 N–H and O–H groups in total. The zero-order chi connectivity index (χ0) is 15.0. The Morgan fingerprint density at radius 1 is 0.857 bits per heavy atom. The van der Waals surface area contributed by atoms with E-state index in [2.05, 4.69) is 0 Å². The van der Waals surface area contributed by atoms with Gasteiger partial charge in [-0.3, -0.25) is 3.11 Å². The molecule has 0 amide bonds. The average molecular weight is 404 g/mol. The SMILES string of the molecule is CN1C(C(F)(F)F)=IN(c2ccccc2)c2ccccc21. The molecular weight excluding hydrogens is 392 g/mol. The zero-order valence-electron chi connectivity index (χ0n) is 11.1. The number of rotatable bonds is 1. The van der Waals surface area contributed by atoms with E-state index >= 15 is 0 Å². The topological polar surface area (TPSA) is 6.48 Å². The molecule has 21 heavy (non-hydrogen) atoms. The molecule has 1 heterocycles. The van der Waals surface area contributed by atoms with Crippen LogP contribution in [0.3, 0.4) is 0 Å². The Bertz CT molecular complexity index is 683. The summed E-state index contributed by atoms with van der Waals surface area (Å²) in [6.45, 7) is 0. The van der Waals surface area contributed by atoms with E-state index in [4.69, 9.17) is 0 Å². The van der Waals surface area contributed by atoms with E-state index in [0.29, 0.717) is 5.69 Å². The smallest absolute Gasteiger partial charge is 0.333 e. The summed E-state index contributed by atoms with van der Waals surface area (Å²) in [6, 6.07) is 16.4. The van der Waals surface area contributed by atoms with Gasteiger partial charge in [-0.2, -0.15) is 13.2 Å². The van der Waals surface area contributed by atoms with Gasteiger partial charge in [0.05, 0.1) is 17.1 Å². The standard InChI is InChI=1S/C15H12F3IN2/c1-20-12-9-5-6-10-13(12)21(11-7-3-2-4-8-11)19-14(20)15(16,17)18/h2-10H,1H3.